The number of hydrogen-bond acceptors (Lipinski definition) is 4. The predicted octanol–water partition coefficient (Wildman–Crippen LogP) is 2.48. The van der Waals surface area contributed by atoms with Gasteiger partial charge in [-0.15, -0.1) is 11.3 Å². The van der Waals surface area contributed by atoms with Gasteiger partial charge in [0, 0.05) is 18.1 Å². The molecule has 0 fully saturated rings. The summed E-state index contributed by atoms with van der Waals surface area (Å²) in [6.07, 6.45) is 1.60. The highest BCUT2D eigenvalue weighted by Crippen LogP contribution is 2.19. The molecule has 0 aliphatic rings. The van der Waals surface area contributed by atoms with Crippen LogP contribution >= 0.6 is 11.3 Å². The van der Waals surface area contributed by atoms with Gasteiger partial charge in [-0.3, -0.25) is 0 Å². The fourth-order valence-corrected chi connectivity index (χ4v) is 2.34. The average molecular weight is 248 g/mol. The Labute approximate surface area is 103 Å². The first kappa shape index (κ1) is 11.6. The average Bonchev–Trinajstić information content (AvgIpc) is 2.81. The van der Waals surface area contributed by atoms with Gasteiger partial charge in [0.25, 0.3) is 0 Å². The van der Waals surface area contributed by atoms with E-state index in [0.29, 0.717) is 12.4 Å². The summed E-state index contributed by atoms with van der Waals surface area (Å²) in [5, 5.41) is 11.1. The second kappa shape index (κ2) is 4.97. The summed E-state index contributed by atoms with van der Waals surface area (Å²) in [7, 11) is 1.84. The molecule has 0 aliphatic heterocycles. The molecular formula is C12H12N2O2S. The monoisotopic (exact) mass is 248 g/mol. The number of aromatic carboxylic acids is 1. The highest BCUT2D eigenvalue weighted by atomic mass is 32.1. The molecule has 0 saturated carbocycles. The van der Waals surface area contributed by atoms with Crippen LogP contribution in [-0.4, -0.2) is 23.1 Å². The van der Waals surface area contributed by atoms with Crippen LogP contribution < -0.4 is 4.90 Å². The maximum absolute atomic E-state index is 11.1. The van der Waals surface area contributed by atoms with Crippen molar-refractivity contribution < 1.29 is 9.90 Å². The maximum atomic E-state index is 11.1. The molecule has 17 heavy (non-hydrogen) atoms. The summed E-state index contributed by atoms with van der Waals surface area (Å²) in [6.45, 7) is 0.662. The predicted molar refractivity (Wildman–Crippen MR) is 67.6 cm³/mol. The van der Waals surface area contributed by atoms with E-state index in [1.54, 1.807) is 29.7 Å². The second-order valence-electron chi connectivity index (χ2n) is 3.62. The van der Waals surface area contributed by atoms with Gasteiger partial charge in [0.2, 0.25) is 0 Å². The van der Waals surface area contributed by atoms with Crippen molar-refractivity contribution in [1.82, 2.24) is 4.98 Å². The van der Waals surface area contributed by atoms with Crippen LogP contribution in [0.1, 0.15) is 15.2 Å². The summed E-state index contributed by atoms with van der Waals surface area (Å²) >= 11 is 1.64. The first-order valence-corrected chi connectivity index (χ1v) is 5.98. The van der Waals surface area contributed by atoms with E-state index in [0.717, 1.165) is 0 Å². The topological polar surface area (TPSA) is 53.4 Å². The van der Waals surface area contributed by atoms with E-state index in [1.807, 2.05) is 29.5 Å². The molecule has 2 aromatic heterocycles. The number of aromatic nitrogens is 1. The number of carboxylic acids is 1. The highest BCUT2D eigenvalue weighted by Gasteiger charge is 2.14. The minimum absolute atomic E-state index is 0.228. The molecule has 4 nitrogen and oxygen atoms in total. The lowest BCUT2D eigenvalue weighted by Crippen LogP contribution is -2.20. The van der Waals surface area contributed by atoms with E-state index in [9.17, 15) is 4.79 Å². The fraction of sp³-hybridized carbons (Fsp3) is 0.167. The normalized spacial score (nSPS) is 10.2. The molecule has 0 saturated heterocycles. The fourth-order valence-electron chi connectivity index (χ4n) is 1.58. The Balaban J connectivity index is 2.24. The molecule has 0 aliphatic carbocycles. The third-order valence-electron chi connectivity index (χ3n) is 2.35. The van der Waals surface area contributed by atoms with E-state index in [-0.39, 0.29) is 5.56 Å². The molecule has 0 unspecified atom stereocenters. The number of thiophene rings is 1. The Bertz CT molecular complexity index is 511. The van der Waals surface area contributed by atoms with Gasteiger partial charge in [-0.05, 0) is 23.6 Å². The molecule has 88 valence electrons. The number of pyridine rings is 1. The Kier molecular flexibility index (Phi) is 3.39. The first-order chi connectivity index (χ1) is 8.18. The SMILES string of the molecule is CN(Cc1cccs1)c1ncccc1C(=O)O. The zero-order valence-electron chi connectivity index (χ0n) is 9.33. The van der Waals surface area contributed by atoms with Crippen LogP contribution in [0.4, 0.5) is 5.82 Å². The lowest BCUT2D eigenvalue weighted by Gasteiger charge is -2.18. The summed E-state index contributed by atoms with van der Waals surface area (Å²) < 4.78 is 0. The second-order valence-corrected chi connectivity index (χ2v) is 4.65. The first-order valence-electron chi connectivity index (χ1n) is 5.10. The molecule has 0 spiro atoms. The van der Waals surface area contributed by atoms with Gasteiger partial charge in [-0.25, -0.2) is 9.78 Å². The van der Waals surface area contributed by atoms with Crippen molar-refractivity contribution in [2.75, 3.05) is 11.9 Å². The van der Waals surface area contributed by atoms with Crippen LogP contribution in [0.5, 0.6) is 0 Å². The Morgan fingerprint density at radius 2 is 2.29 bits per heavy atom. The van der Waals surface area contributed by atoms with Crippen molar-refractivity contribution in [1.29, 1.82) is 0 Å². The lowest BCUT2D eigenvalue weighted by molar-refractivity contribution is 0.0697. The van der Waals surface area contributed by atoms with Crippen molar-refractivity contribution in [3.8, 4) is 0 Å². The van der Waals surface area contributed by atoms with E-state index >= 15 is 0 Å². The third kappa shape index (κ3) is 2.62. The van der Waals surface area contributed by atoms with Crippen LogP contribution in [0.15, 0.2) is 35.8 Å². The van der Waals surface area contributed by atoms with E-state index in [1.165, 1.54) is 4.88 Å². The lowest BCUT2D eigenvalue weighted by atomic mass is 10.2. The summed E-state index contributed by atoms with van der Waals surface area (Å²) in [4.78, 5) is 18.2. The summed E-state index contributed by atoms with van der Waals surface area (Å²) in [5.74, 6) is -0.459. The molecule has 0 aromatic carbocycles. The zero-order valence-corrected chi connectivity index (χ0v) is 10.1. The van der Waals surface area contributed by atoms with Gasteiger partial charge >= 0.3 is 5.97 Å². The minimum atomic E-state index is -0.953. The van der Waals surface area contributed by atoms with Crippen LogP contribution in [-0.2, 0) is 6.54 Å². The molecule has 0 radical (unpaired) electrons. The number of hydrogen-bond donors (Lipinski definition) is 1. The molecule has 2 aromatic rings. The van der Waals surface area contributed by atoms with Crippen LogP contribution in [0.2, 0.25) is 0 Å². The number of nitrogens with zero attached hydrogens (tertiary/aromatic N) is 2. The molecule has 5 heteroatoms. The van der Waals surface area contributed by atoms with Crippen molar-refractivity contribution in [2.24, 2.45) is 0 Å². The van der Waals surface area contributed by atoms with Crippen molar-refractivity contribution in [2.45, 2.75) is 6.54 Å². The number of anilines is 1. The number of carboxylic acid groups (broad SMARTS) is 1. The van der Waals surface area contributed by atoms with Crippen LogP contribution in [0.3, 0.4) is 0 Å². The summed E-state index contributed by atoms with van der Waals surface area (Å²) in [5.41, 5.74) is 0.228. The Hall–Kier alpha value is -1.88. The summed E-state index contributed by atoms with van der Waals surface area (Å²) in [6, 6.07) is 7.19. The maximum Gasteiger partial charge on any atom is 0.339 e. The Morgan fingerprint density at radius 1 is 1.47 bits per heavy atom. The van der Waals surface area contributed by atoms with E-state index in [4.69, 9.17) is 5.11 Å². The third-order valence-corrected chi connectivity index (χ3v) is 3.21. The molecular weight excluding hydrogens is 236 g/mol. The zero-order chi connectivity index (χ0) is 12.3. The molecule has 2 rings (SSSR count). The van der Waals surface area contributed by atoms with Crippen molar-refractivity contribution in [3.05, 3.63) is 46.3 Å². The van der Waals surface area contributed by atoms with Crippen LogP contribution in [0, 0.1) is 0 Å². The van der Waals surface area contributed by atoms with Gasteiger partial charge in [0.05, 0.1) is 6.54 Å². The van der Waals surface area contributed by atoms with E-state index < -0.39 is 5.97 Å². The largest absolute Gasteiger partial charge is 0.478 e. The van der Waals surface area contributed by atoms with Gasteiger partial charge in [0.15, 0.2) is 0 Å². The van der Waals surface area contributed by atoms with E-state index in [2.05, 4.69) is 4.98 Å². The van der Waals surface area contributed by atoms with Gasteiger partial charge < -0.3 is 10.0 Å². The number of carbonyl (C=O) groups is 1. The van der Waals surface area contributed by atoms with Crippen LogP contribution in [0.25, 0.3) is 0 Å². The smallest absolute Gasteiger partial charge is 0.339 e. The van der Waals surface area contributed by atoms with Gasteiger partial charge in [-0.2, -0.15) is 0 Å². The van der Waals surface area contributed by atoms with Gasteiger partial charge in [-0.1, -0.05) is 6.07 Å². The molecule has 0 atom stereocenters. The molecule has 0 bridgehead atoms. The van der Waals surface area contributed by atoms with Crippen molar-refractivity contribution >= 4 is 23.1 Å². The minimum Gasteiger partial charge on any atom is -0.478 e. The number of rotatable bonds is 4. The standard InChI is InChI=1S/C12H12N2O2S/c1-14(8-9-4-3-7-17-9)11-10(12(15)16)5-2-6-13-11/h2-7H,8H2,1H3,(H,15,16). The molecule has 1 N–H and O–H groups in total. The molecule has 0 amide bonds. The Morgan fingerprint density at radius 3 is 2.94 bits per heavy atom. The van der Waals surface area contributed by atoms with Crippen molar-refractivity contribution in [3.63, 3.8) is 0 Å². The molecule has 2 heterocycles. The van der Waals surface area contributed by atoms with Gasteiger partial charge in [0.1, 0.15) is 11.4 Å². The quantitative estimate of drug-likeness (QED) is 0.903. The highest BCUT2D eigenvalue weighted by molar-refractivity contribution is 7.09.